The summed E-state index contributed by atoms with van der Waals surface area (Å²) in [5.41, 5.74) is 3.37. The highest BCUT2D eigenvalue weighted by molar-refractivity contribution is 5.76. The van der Waals surface area contributed by atoms with Crippen LogP contribution >= 0.6 is 0 Å². The van der Waals surface area contributed by atoms with E-state index in [1.165, 1.54) is 101 Å². The molecular weight excluding hydrogens is 789 g/mol. The molecule has 1 rings (SSSR count). The van der Waals surface area contributed by atoms with Crippen molar-refractivity contribution in [1.82, 2.24) is 10.2 Å². The number of carbonyl (C=O) groups is 3. The Morgan fingerprint density at radius 2 is 1.11 bits per heavy atom. The summed E-state index contributed by atoms with van der Waals surface area (Å²) in [6, 6.07) is 8.48. The fourth-order valence-electron chi connectivity index (χ4n) is 8.21. The molecule has 0 aromatic heterocycles. The quantitative estimate of drug-likeness (QED) is 0.0616. The lowest BCUT2D eigenvalue weighted by Gasteiger charge is -2.31. The van der Waals surface area contributed by atoms with Gasteiger partial charge in [0.05, 0.1) is 6.61 Å². The van der Waals surface area contributed by atoms with Crippen molar-refractivity contribution < 1.29 is 19.1 Å². The molecule has 0 heterocycles. The van der Waals surface area contributed by atoms with Crippen molar-refractivity contribution in [3.63, 3.8) is 0 Å². The number of amides is 2. The van der Waals surface area contributed by atoms with Gasteiger partial charge in [-0.15, -0.1) is 0 Å². The van der Waals surface area contributed by atoms with E-state index in [0.29, 0.717) is 53.9 Å². The topological polar surface area (TPSA) is 75.7 Å². The first kappa shape index (κ1) is 65.9. The van der Waals surface area contributed by atoms with Gasteiger partial charge in [0.15, 0.2) is 0 Å². The predicted octanol–water partition coefficient (Wildman–Crippen LogP) is 17.1. The molecule has 1 aromatic carbocycles. The van der Waals surface area contributed by atoms with Crippen LogP contribution in [0.3, 0.4) is 0 Å². The van der Waals surface area contributed by atoms with E-state index in [-0.39, 0.29) is 11.9 Å². The Hall–Kier alpha value is -2.37. The van der Waals surface area contributed by atoms with Crippen LogP contribution in [-0.2, 0) is 19.1 Å². The van der Waals surface area contributed by atoms with Crippen molar-refractivity contribution in [2.75, 3.05) is 26.2 Å². The first-order chi connectivity index (χ1) is 30.1. The molecule has 0 bridgehead atoms. The third-order valence-corrected chi connectivity index (χ3v) is 11.9. The number of benzene rings is 1. The number of aryl methyl sites for hydroxylation is 2. The fraction of sp³-hybridized carbons (Fsp3) is 0.845. The van der Waals surface area contributed by atoms with Gasteiger partial charge in [-0.05, 0) is 107 Å². The minimum atomic E-state index is -0.0162. The molecule has 6 nitrogen and oxygen atoms in total. The second-order valence-electron chi connectivity index (χ2n) is 21.7. The first-order valence-electron chi connectivity index (χ1n) is 26.9. The predicted molar refractivity (Wildman–Crippen MR) is 282 cm³/mol. The van der Waals surface area contributed by atoms with Crippen molar-refractivity contribution in [2.45, 2.75) is 259 Å². The average Bonchev–Trinajstić information content (AvgIpc) is 3.21. The zero-order valence-electron chi connectivity index (χ0n) is 46.1. The Bertz CT molecular complexity index is 1180. The van der Waals surface area contributed by atoms with Gasteiger partial charge in [0, 0.05) is 38.9 Å². The SMILES string of the molecule is CCCCC(=O)OCC(CCC(C)CC(C)(C)C)C(C)CC(C)(C)C.CCCCC(CC)CC(=O)NCC.CCCCCCN(CCCCCC)C(=O)CCC.Cc1ccc(C)cc1. The highest BCUT2D eigenvalue weighted by Gasteiger charge is 2.25. The summed E-state index contributed by atoms with van der Waals surface area (Å²) in [7, 11) is 0. The maximum atomic E-state index is 12.0. The Morgan fingerprint density at radius 1 is 0.609 bits per heavy atom. The maximum absolute atomic E-state index is 12.0. The molecule has 0 fully saturated rings. The molecule has 0 aliphatic carbocycles. The van der Waals surface area contributed by atoms with E-state index in [2.05, 4.69) is 145 Å². The molecule has 1 N–H and O–H groups in total. The number of nitrogens with one attached hydrogen (secondary N) is 1. The summed E-state index contributed by atoms with van der Waals surface area (Å²) in [5, 5.41) is 2.85. The first-order valence-corrected chi connectivity index (χ1v) is 26.9. The van der Waals surface area contributed by atoms with Gasteiger partial charge < -0.3 is 15.0 Å². The zero-order valence-corrected chi connectivity index (χ0v) is 46.1. The van der Waals surface area contributed by atoms with Crippen LogP contribution in [0.4, 0.5) is 0 Å². The summed E-state index contributed by atoms with van der Waals surface area (Å²) in [4.78, 5) is 37.3. The van der Waals surface area contributed by atoms with Crippen molar-refractivity contribution in [1.29, 1.82) is 0 Å². The normalized spacial score (nSPS) is 13.1. The van der Waals surface area contributed by atoms with Crippen LogP contribution < -0.4 is 5.32 Å². The third-order valence-electron chi connectivity index (χ3n) is 11.9. The van der Waals surface area contributed by atoms with Crippen LogP contribution in [0, 0.1) is 48.3 Å². The lowest BCUT2D eigenvalue weighted by molar-refractivity contribution is -0.146. The van der Waals surface area contributed by atoms with E-state index in [4.69, 9.17) is 4.74 Å². The monoisotopic (exact) mass is 901 g/mol. The molecule has 1 aromatic rings. The summed E-state index contributed by atoms with van der Waals surface area (Å²) in [6.45, 7) is 41.0. The van der Waals surface area contributed by atoms with E-state index in [1.54, 1.807) is 0 Å². The average molecular weight is 902 g/mol. The smallest absolute Gasteiger partial charge is 0.305 e. The fourth-order valence-corrected chi connectivity index (χ4v) is 8.21. The Labute approximate surface area is 400 Å². The van der Waals surface area contributed by atoms with Crippen molar-refractivity contribution in [3.05, 3.63) is 35.4 Å². The number of rotatable bonds is 30. The van der Waals surface area contributed by atoms with Gasteiger partial charge in [0.2, 0.25) is 11.8 Å². The summed E-state index contributed by atoms with van der Waals surface area (Å²) < 4.78 is 5.64. The van der Waals surface area contributed by atoms with Crippen molar-refractivity contribution in [2.24, 2.45) is 34.5 Å². The summed E-state index contributed by atoms with van der Waals surface area (Å²) >= 11 is 0. The molecule has 2 amide bonds. The Morgan fingerprint density at radius 3 is 1.53 bits per heavy atom. The standard InChI is InChI=1S/C23H46O2.C16H33NO.C11H23NO.C8H10/c1-10-11-12-21(24)25-17-20(19(3)16-23(7,8)9)14-13-18(2)15-22(4,5)6;1-4-7-9-11-14-17(16(18)13-6-3)15-12-10-8-5-2;1-4-7-8-10(5-2)9-11(13)12-6-3;1-7-3-5-8(2)6-4-7/h18-20H,10-17H2,1-9H3;4-15H2,1-3H3;10H,4-9H2,1-3H3,(H,12,13);3-6H,1-2H3. The van der Waals surface area contributed by atoms with Gasteiger partial charge in [0.25, 0.3) is 0 Å². The lowest BCUT2D eigenvalue weighted by atomic mass is 9.76. The molecule has 64 heavy (non-hydrogen) atoms. The zero-order chi connectivity index (χ0) is 49.4. The highest BCUT2D eigenvalue weighted by Crippen LogP contribution is 2.34. The van der Waals surface area contributed by atoms with E-state index in [0.717, 1.165) is 64.1 Å². The molecule has 6 heteroatoms. The number of hydrogen-bond acceptors (Lipinski definition) is 4. The molecule has 0 saturated carbocycles. The number of nitrogens with zero attached hydrogens (tertiary/aromatic N) is 1. The summed E-state index contributed by atoms with van der Waals surface area (Å²) in [5.74, 6) is 2.94. The second kappa shape index (κ2) is 42.0. The maximum Gasteiger partial charge on any atom is 0.305 e. The van der Waals surface area contributed by atoms with Gasteiger partial charge in [-0.2, -0.15) is 0 Å². The molecule has 4 atom stereocenters. The van der Waals surface area contributed by atoms with Crippen LogP contribution in [0.2, 0.25) is 0 Å². The molecule has 0 aliphatic heterocycles. The molecule has 0 aliphatic rings. The second-order valence-corrected chi connectivity index (χ2v) is 21.7. The number of hydrogen-bond donors (Lipinski definition) is 1. The van der Waals surface area contributed by atoms with Gasteiger partial charge in [0.1, 0.15) is 0 Å². The van der Waals surface area contributed by atoms with Crippen LogP contribution in [0.15, 0.2) is 24.3 Å². The number of carbonyl (C=O) groups excluding carboxylic acids is 3. The van der Waals surface area contributed by atoms with Gasteiger partial charge in [-0.1, -0.05) is 203 Å². The number of unbranched alkanes of at least 4 members (excludes halogenated alkanes) is 8. The molecule has 4 unspecified atom stereocenters. The lowest BCUT2D eigenvalue weighted by Crippen LogP contribution is -2.32. The van der Waals surface area contributed by atoms with E-state index in [1.807, 2.05) is 6.92 Å². The van der Waals surface area contributed by atoms with Crippen LogP contribution in [0.5, 0.6) is 0 Å². The Balaban J connectivity index is -0.000000831. The van der Waals surface area contributed by atoms with E-state index >= 15 is 0 Å². The van der Waals surface area contributed by atoms with E-state index in [9.17, 15) is 14.4 Å². The number of esters is 1. The van der Waals surface area contributed by atoms with E-state index < -0.39 is 0 Å². The highest BCUT2D eigenvalue weighted by atomic mass is 16.5. The molecule has 0 spiro atoms. The van der Waals surface area contributed by atoms with Crippen molar-refractivity contribution >= 4 is 17.8 Å². The summed E-state index contributed by atoms with van der Waals surface area (Å²) in [6.07, 6.45) is 24.6. The largest absolute Gasteiger partial charge is 0.465 e. The van der Waals surface area contributed by atoms with Crippen LogP contribution in [0.1, 0.15) is 256 Å². The van der Waals surface area contributed by atoms with Crippen LogP contribution in [0.25, 0.3) is 0 Å². The van der Waals surface area contributed by atoms with Crippen LogP contribution in [-0.4, -0.2) is 48.9 Å². The minimum Gasteiger partial charge on any atom is -0.465 e. The molecule has 378 valence electrons. The van der Waals surface area contributed by atoms with Gasteiger partial charge in [-0.25, -0.2) is 0 Å². The Kier molecular flexibility index (Phi) is 43.3. The molecular formula is C58H112N2O4. The van der Waals surface area contributed by atoms with Gasteiger partial charge >= 0.3 is 5.97 Å². The molecule has 0 saturated heterocycles. The molecule has 0 radical (unpaired) electrons. The minimum absolute atomic E-state index is 0.0162. The van der Waals surface area contributed by atoms with Gasteiger partial charge in [-0.3, -0.25) is 14.4 Å². The number of ether oxygens (including phenoxy) is 1. The van der Waals surface area contributed by atoms with Crippen molar-refractivity contribution in [3.8, 4) is 0 Å². The third kappa shape index (κ3) is 44.8.